The van der Waals surface area contributed by atoms with Gasteiger partial charge in [0.25, 0.3) is 0 Å². The fourth-order valence-electron chi connectivity index (χ4n) is 6.31. The first kappa shape index (κ1) is 49.9. The first-order valence-electron chi connectivity index (χ1n) is 22.2. The van der Waals surface area contributed by atoms with Crippen LogP contribution in [0.2, 0.25) is 0 Å². The Morgan fingerprint density at radius 1 is 0.462 bits per heavy atom. The lowest BCUT2D eigenvalue weighted by atomic mass is 10.0. The molecular weight excluding hydrogens is 645 g/mol. The second kappa shape index (κ2) is 43.3. The molecule has 0 aliphatic heterocycles. The van der Waals surface area contributed by atoms with Crippen LogP contribution in [0, 0.1) is 0 Å². The minimum absolute atomic E-state index is 0.0639. The molecule has 0 saturated carbocycles. The molecule has 1 unspecified atom stereocenters. The van der Waals surface area contributed by atoms with Gasteiger partial charge in [-0.1, -0.05) is 204 Å². The first-order chi connectivity index (χ1) is 25.6. The van der Waals surface area contributed by atoms with E-state index in [1.54, 1.807) is 0 Å². The van der Waals surface area contributed by atoms with Crippen LogP contribution in [-0.2, 0) is 19.1 Å². The van der Waals surface area contributed by atoms with Gasteiger partial charge >= 0.3 is 11.9 Å². The normalized spacial score (nSPS) is 12.6. The van der Waals surface area contributed by atoms with Crippen molar-refractivity contribution in [2.45, 2.75) is 225 Å². The molecule has 0 saturated heterocycles. The third-order valence-corrected chi connectivity index (χ3v) is 9.64. The van der Waals surface area contributed by atoms with Gasteiger partial charge in [-0.05, 0) is 51.4 Å². The van der Waals surface area contributed by atoms with Gasteiger partial charge < -0.3 is 14.6 Å². The maximum atomic E-state index is 12.2. The molecule has 0 aliphatic carbocycles. The quantitative estimate of drug-likeness (QED) is 0.0386. The third kappa shape index (κ3) is 40.6. The molecule has 0 bridgehead atoms. The van der Waals surface area contributed by atoms with Gasteiger partial charge in [-0.2, -0.15) is 0 Å². The van der Waals surface area contributed by atoms with Crippen molar-refractivity contribution in [3.63, 3.8) is 0 Å². The third-order valence-electron chi connectivity index (χ3n) is 9.64. The zero-order valence-corrected chi connectivity index (χ0v) is 34.3. The van der Waals surface area contributed by atoms with Crippen molar-refractivity contribution in [3.8, 4) is 0 Å². The van der Waals surface area contributed by atoms with Crippen LogP contribution in [0.25, 0.3) is 0 Å². The highest BCUT2D eigenvalue weighted by molar-refractivity contribution is 5.70. The second-order valence-corrected chi connectivity index (χ2v) is 14.8. The van der Waals surface area contributed by atoms with Crippen LogP contribution >= 0.6 is 0 Å². The van der Waals surface area contributed by atoms with Crippen molar-refractivity contribution >= 4 is 11.9 Å². The van der Waals surface area contributed by atoms with E-state index in [4.69, 9.17) is 9.47 Å². The van der Waals surface area contributed by atoms with E-state index in [0.29, 0.717) is 12.8 Å². The summed E-state index contributed by atoms with van der Waals surface area (Å²) in [5.74, 6) is -0.587. The zero-order valence-electron chi connectivity index (χ0n) is 34.3. The number of aliphatic hydroxyl groups excluding tert-OH is 1. The Morgan fingerprint density at radius 3 is 1.25 bits per heavy atom. The molecule has 52 heavy (non-hydrogen) atoms. The molecule has 0 aromatic heterocycles. The number of aliphatic hydroxyl groups is 1. The van der Waals surface area contributed by atoms with E-state index in [2.05, 4.69) is 62.5 Å². The first-order valence-corrected chi connectivity index (χ1v) is 22.2. The van der Waals surface area contributed by atoms with Crippen LogP contribution in [0.1, 0.15) is 219 Å². The number of carbonyl (C=O) groups is 2. The van der Waals surface area contributed by atoms with E-state index in [9.17, 15) is 14.7 Å². The molecular formula is C47H84O5. The highest BCUT2D eigenvalue weighted by atomic mass is 16.6. The topological polar surface area (TPSA) is 72.8 Å². The molecule has 1 N–H and O–H groups in total. The predicted octanol–water partition coefficient (Wildman–Crippen LogP) is 14.2. The Balaban J connectivity index is 3.50. The molecule has 0 spiro atoms. The molecule has 5 heteroatoms. The SMILES string of the molecule is CC/C=C\C/C=C\C/C=C\C/C=C\CCCCCCCCCCCCCCC(=O)OC(CO)COC(=O)CCCCCCCCCCCCCCC. The number of rotatable bonds is 40. The summed E-state index contributed by atoms with van der Waals surface area (Å²) in [6.45, 7) is 4.03. The Morgan fingerprint density at radius 2 is 0.827 bits per heavy atom. The molecule has 0 fully saturated rings. The smallest absolute Gasteiger partial charge is 0.306 e. The summed E-state index contributed by atoms with van der Waals surface area (Å²) in [4.78, 5) is 24.3. The fraction of sp³-hybridized carbons (Fsp3) is 0.787. The number of hydrogen-bond acceptors (Lipinski definition) is 5. The van der Waals surface area contributed by atoms with E-state index in [0.717, 1.165) is 64.2 Å². The number of ether oxygens (including phenoxy) is 2. The number of allylic oxidation sites excluding steroid dienone is 8. The van der Waals surface area contributed by atoms with Crippen molar-refractivity contribution in [2.24, 2.45) is 0 Å². The summed E-state index contributed by atoms with van der Waals surface area (Å²) in [7, 11) is 0. The number of hydrogen-bond donors (Lipinski definition) is 1. The van der Waals surface area contributed by atoms with E-state index in [1.807, 2.05) is 0 Å². The van der Waals surface area contributed by atoms with Gasteiger partial charge in [-0.15, -0.1) is 0 Å². The molecule has 0 rings (SSSR count). The lowest BCUT2D eigenvalue weighted by Crippen LogP contribution is -2.28. The molecule has 302 valence electrons. The Hall–Kier alpha value is -2.14. The summed E-state index contributed by atoms with van der Waals surface area (Å²) in [6.07, 6.45) is 54.7. The van der Waals surface area contributed by atoms with Crippen molar-refractivity contribution in [1.82, 2.24) is 0 Å². The van der Waals surface area contributed by atoms with Crippen LogP contribution in [-0.4, -0.2) is 36.4 Å². The monoisotopic (exact) mass is 729 g/mol. The van der Waals surface area contributed by atoms with Gasteiger partial charge in [-0.25, -0.2) is 0 Å². The molecule has 0 heterocycles. The number of esters is 2. The minimum atomic E-state index is -0.770. The Kier molecular flexibility index (Phi) is 41.5. The summed E-state index contributed by atoms with van der Waals surface area (Å²) in [5, 5.41) is 9.58. The molecule has 0 aromatic rings. The van der Waals surface area contributed by atoms with Crippen LogP contribution < -0.4 is 0 Å². The highest BCUT2D eigenvalue weighted by Crippen LogP contribution is 2.15. The van der Waals surface area contributed by atoms with Gasteiger partial charge in [0.15, 0.2) is 6.10 Å². The number of unbranched alkanes of at least 4 members (excludes halogenated alkanes) is 24. The Labute approximate surface area is 322 Å². The molecule has 0 radical (unpaired) electrons. The van der Waals surface area contributed by atoms with E-state index >= 15 is 0 Å². The zero-order chi connectivity index (χ0) is 37.8. The van der Waals surface area contributed by atoms with Crippen LogP contribution in [0.3, 0.4) is 0 Å². The standard InChI is InChI=1S/C47H84O5/c1-3-5-7-9-11-13-15-17-18-19-20-21-22-23-24-25-26-27-28-30-32-34-36-38-40-42-47(50)52-45(43-48)44-51-46(49)41-39-37-35-33-31-29-16-14-12-10-8-6-4-2/h5,7,11,13,17-18,20-21,45,48H,3-4,6,8-10,12,14-16,19,22-44H2,1-2H3/b7-5-,13-11-,18-17-,21-20-. The van der Waals surface area contributed by atoms with E-state index in [1.165, 1.54) is 128 Å². The van der Waals surface area contributed by atoms with Crippen molar-refractivity contribution in [2.75, 3.05) is 13.2 Å². The van der Waals surface area contributed by atoms with Gasteiger partial charge in [0.1, 0.15) is 6.61 Å². The molecule has 0 aliphatic rings. The van der Waals surface area contributed by atoms with Gasteiger partial charge in [0, 0.05) is 12.8 Å². The lowest BCUT2D eigenvalue weighted by Gasteiger charge is -2.15. The fourth-order valence-corrected chi connectivity index (χ4v) is 6.31. The van der Waals surface area contributed by atoms with Crippen LogP contribution in [0.4, 0.5) is 0 Å². The summed E-state index contributed by atoms with van der Waals surface area (Å²) in [6, 6.07) is 0. The van der Waals surface area contributed by atoms with Crippen LogP contribution in [0.15, 0.2) is 48.6 Å². The van der Waals surface area contributed by atoms with Crippen molar-refractivity contribution in [3.05, 3.63) is 48.6 Å². The number of carbonyl (C=O) groups excluding carboxylic acids is 2. The minimum Gasteiger partial charge on any atom is -0.462 e. The summed E-state index contributed by atoms with van der Waals surface area (Å²) in [5.41, 5.74) is 0. The molecule has 0 amide bonds. The lowest BCUT2D eigenvalue weighted by molar-refractivity contribution is -0.161. The average Bonchev–Trinajstić information content (AvgIpc) is 3.15. The predicted molar refractivity (Wildman–Crippen MR) is 224 cm³/mol. The van der Waals surface area contributed by atoms with E-state index < -0.39 is 6.10 Å². The molecule has 0 aromatic carbocycles. The molecule has 1 atom stereocenters. The second-order valence-electron chi connectivity index (χ2n) is 14.8. The average molecular weight is 729 g/mol. The molecule has 5 nitrogen and oxygen atoms in total. The van der Waals surface area contributed by atoms with Gasteiger partial charge in [0.05, 0.1) is 6.61 Å². The van der Waals surface area contributed by atoms with Gasteiger partial charge in [0.2, 0.25) is 0 Å². The maximum Gasteiger partial charge on any atom is 0.306 e. The van der Waals surface area contributed by atoms with Crippen molar-refractivity contribution in [1.29, 1.82) is 0 Å². The largest absolute Gasteiger partial charge is 0.462 e. The summed E-state index contributed by atoms with van der Waals surface area (Å²) >= 11 is 0. The Bertz CT molecular complexity index is 873. The van der Waals surface area contributed by atoms with Crippen LogP contribution in [0.5, 0.6) is 0 Å². The van der Waals surface area contributed by atoms with Gasteiger partial charge in [-0.3, -0.25) is 9.59 Å². The maximum absolute atomic E-state index is 12.2. The highest BCUT2D eigenvalue weighted by Gasteiger charge is 2.16. The summed E-state index contributed by atoms with van der Waals surface area (Å²) < 4.78 is 10.6. The van der Waals surface area contributed by atoms with Crippen molar-refractivity contribution < 1.29 is 24.2 Å². The van der Waals surface area contributed by atoms with E-state index in [-0.39, 0.29) is 25.2 Å².